The molecule has 2 aromatic rings. The Morgan fingerprint density at radius 1 is 1.07 bits per heavy atom. The molecule has 1 fully saturated rings. The molecule has 7 heteroatoms. The van der Waals surface area contributed by atoms with Crippen molar-refractivity contribution in [3.05, 3.63) is 58.6 Å². The lowest BCUT2D eigenvalue weighted by atomic mass is 9.95. The van der Waals surface area contributed by atoms with Crippen molar-refractivity contribution in [1.82, 2.24) is 5.32 Å². The number of aryl methyl sites for hydroxylation is 1. The van der Waals surface area contributed by atoms with Gasteiger partial charge in [0.25, 0.3) is 15.9 Å². The molecule has 1 aliphatic rings. The van der Waals surface area contributed by atoms with Crippen molar-refractivity contribution in [3.8, 4) is 0 Å². The van der Waals surface area contributed by atoms with E-state index in [1.165, 1.54) is 29.9 Å². The first-order chi connectivity index (χ1) is 13.3. The minimum absolute atomic E-state index is 0.107. The summed E-state index contributed by atoms with van der Waals surface area (Å²) in [5.74, 6) is -0.107. The standard InChI is InChI=1S/C21H25ClN2O3S/c1-15-14-16(21(25)23-18-6-4-3-5-7-18)8-13-20(15)24(2)28(26,27)19-11-9-17(22)10-12-19/h8-14,18H,3-7H2,1-2H3,(H,23,25). The third-order valence-corrected chi connectivity index (χ3v) is 7.25. The molecule has 0 aromatic heterocycles. The number of rotatable bonds is 5. The van der Waals surface area contributed by atoms with E-state index in [9.17, 15) is 13.2 Å². The van der Waals surface area contributed by atoms with Crippen LogP contribution in [0.3, 0.4) is 0 Å². The molecule has 0 unspecified atom stereocenters. The number of anilines is 1. The van der Waals surface area contributed by atoms with E-state index in [0.717, 1.165) is 31.2 Å². The van der Waals surface area contributed by atoms with Gasteiger partial charge in [-0.2, -0.15) is 0 Å². The average molecular weight is 421 g/mol. The lowest BCUT2D eigenvalue weighted by molar-refractivity contribution is 0.0927. The lowest BCUT2D eigenvalue weighted by Crippen LogP contribution is -2.36. The molecule has 2 aromatic carbocycles. The number of hydrogen-bond acceptors (Lipinski definition) is 3. The van der Waals surface area contributed by atoms with Crippen LogP contribution >= 0.6 is 11.6 Å². The third kappa shape index (κ3) is 4.50. The topological polar surface area (TPSA) is 66.5 Å². The predicted octanol–water partition coefficient (Wildman–Crippen LogP) is 4.54. The van der Waals surface area contributed by atoms with E-state index in [0.29, 0.717) is 16.3 Å². The van der Waals surface area contributed by atoms with Crippen molar-refractivity contribution in [1.29, 1.82) is 0 Å². The largest absolute Gasteiger partial charge is 0.349 e. The fourth-order valence-corrected chi connectivity index (χ4v) is 4.95. The first-order valence-electron chi connectivity index (χ1n) is 9.45. The van der Waals surface area contributed by atoms with Gasteiger partial charge in [0.05, 0.1) is 10.6 Å². The zero-order chi connectivity index (χ0) is 20.3. The molecule has 1 N–H and O–H groups in total. The Labute approximate surface area is 171 Å². The maximum absolute atomic E-state index is 12.9. The van der Waals surface area contributed by atoms with Gasteiger partial charge in [0.1, 0.15) is 0 Å². The van der Waals surface area contributed by atoms with Crippen LogP contribution in [-0.2, 0) is 10.0 Å². The van der Waals surface area contributed by atoms with Crippen molar-refractivity contribution >= 4 is 33.2 Å². The summed E-state index contributed by atoms with van der Waals surface area (Å²) in [6.07, 6.45) is 5.57. The molecule has 0 spiro atoms. The van der Waals surface area contributed by atoms with Gasteiger partial charge < -0.3 is 5.32 Å². The highest BCUT2D eigenvalue weighted by Gasteiger charge is 2.23. The Bertz CT molecular complexity index is 952. The summed E-state index contributed by atoms with van der Waals surface area (Å²) in [5.41, 5.74) is 1.80. The van der Waals surface area contributed by atoms with Gasteiger partial charge in [0.2, 0.25) is 0 Å². The second-order valence-corrected chi connectivity index (χ2v) is 9.64. The highest BCUT2D eigenvalue weighted by Crippen LogP contribution is 2.27. The SMILES string of the molecule is Cc1cc(C(=O)NC2CCCCC2)ccc1N(C)S(=O)(=O)c1ccc(Cl)cc1. The first kappa shape index (κ1) is 20.7. The summed E-state index contributed by atoms with van der Waals surface area (Å²) in [5, 5.41) is 3.57. The molecule has 0 radical (unpaired) electrons. The molecule has 0 aliphatic heterocycles. The molecule has 5 nitrogen and oxygen atoms in total. The number of amides is 1. The van der Waals surface area contributed by atoms with Crippen LogP contribution in [-0.4, -0.2) is 27.4 Å². The van der Waals surface area contributed by atoms with Crippen molar-refractivity contribution in [2.24, 2.45) is 0 Å². The van der Waals surface area contributed by atoms with Crippen LogP contribution in [0.4, 0.5) is 5.69 Å². The molecule has 3 rings (SSSR count). The normalized spacial score (nSPS) is 15.2. The summed E-state index contributed by atoms with van der Waals surface area (Å²) < 4.78 is 27.0. The number of carbonyl (C=O) groups excluding carboxylic acids is 1. The molecule has 1 saturated carbocycles. The minimum Gasteiger partial charge on any atom is -0.349 e. The van der Waals surface area contributed by atoms with Crippen molar-refractivity contribution in [3.63, 3.8) is 0 Å². The van der Waals surface area contributed by atoms with Crippen molar-refractivity contribution in [2.45, 2.75) is 50.0 Å². The molecule has 0 bridgehead atoms. The molecular weight excluding hydrogens is 396 g/mol. The van der Waals surface area contributed by atoms with Crippen molar-refractivity contribution < 1.29 is 13.2 Å². The molecule has 1 aliphatic carbocycles. The Kier molecular flexibility index (Phi) is 6.30. The van der Waals surface area contributed by atoms with Crippen LogP contribution in [0.2, 0.25) is 5.02 Å². The first-order valence-corrected chi connectivity index (χ1v) is 11.3. The van der Waals surface area contributed by atoms with Gasteiger partial charge in [0.15, 0.2) is 0 Å². The zero-order valence-corrected chi connectivity index (χ0v) is 17.7. The highest BCUT2D eigenvalue weighted by atomic mass is 35.5. The summed E-state index contributed by atoms with van der Waals surface area (Å²) >= 11 is 5.85. The van der Waals surface area contributed by atoms with E-state index < -0.39 is 10.0 Å². The molecule has 28 heavy (non-hydrogen) atoms. The van der Waals surface area contributed by atoms with Crippen LogP contribution in [0.1, 0.15) is 48.0 Å². The van der Waals surface area contributed by atoms with Gasteiger partial charge >= 0.3 is 0 Å². The molecule has 0 heterocycles. The number of hydrogen-bond donors (Lipinski definition) is 1. The van der Waals surface area contributed by atoms with Crippen LogP contribution in [0.25, 0.3) is 0 Å². The van der Waals surface area contributed by atoms with E-state index in [1.807, 2.05) is 0 Å². The Morgan fingerprint density at radius 3 is 2.32 bits per heavy atom. The maximum Gasteiger partial charge on any atom is 0.264 e. The number of nitrogens with zero attached hydrogens (tertiary/aromatic N) is 1. The lowest BCUT2D eigenvalue weighted by Gasteiger charge is -2.24. The van der Waals surface area contributed by atoms with E-state index in [1.54, 1.807) is 37.3 Å². The average Bonchev–Trinajstić information content (AvgIpc) is 2.68. The van der Waals surface area contributed by atoms with E-state index in [4.69, 9.17) is 11.6 Å². The van der Waals surface area contributed by atoms with Gasteiger partial charge in [-0.1, -0.05) is 30.9 Å². The molecule has 0 saturated heterocycles. The molecular formula is C21H25ClN2O3S. The van der Waals surface area contributed by atoms with Gasteiger partial charge in [-0.3, -0.25) is 9.10 Å². The fourth-order valence-electron chi connectivity index (χ4n) is 3.56. The van der Waals surface area contributed by atoms with E-state index >= 15 is 0 Å². The predicted molar refractivity (Wildman–Crippen MR) is 113 cm³/mol. The second kappa shape index (κ2) is 8.53. The summed E-state index contributed by atoms with van der Waals surface area (Å²) in [7, 11) is -2.20. The third-order valence-electron chi connectivity index (χ3n) is 5.21. The molecule has 150 valence electrons. The summed E-state index contributed by atoms with van der Waals surface area (Å²) in [6.45, 7) is 1.81. The Balaban J connectivity index is 1.79. The summed E-state index contributed by atoms with van der Waals surface area (Å²) in [4.78, 5) is 12.7. The van der Waals surface area contributed by atoms with Crippen LogP contribution < -0.4 is 9.62 Å². The molecule has 1 amide bonds. The monoisotopic (exact) mass is 420 g/mol. The van der Waals surface area contributed by atoms with Gasteiger partial charge in [-0.05, 0) is 67.8 Å². The Morgan fingerprint density at radius 2 is 1.71 bits per heavy atom. The number of benzene rings is 2. The van der Waals surface area contributed by atoms with Crippen molar-refractivity contribution in [2.75, 3.05) is 11.4 Å². The highest BCUT2D eigenvalue weighted by molar-refractivity contribution is 7.92. The van der Waals surface area contributed by atoms with E-state index in [2.05, 4.69) is 5.32 Å². The number of nitrogens with one attached hydrogen (secondary N) is 1. The minimum atomic E-state index is -3.71. The fraction of sp³-hybridized carbons (Fsp3) is 0.381. The quantitative estimate of drug-likeness (QED) is 0.772. The summed E-state index contributed by atoms with van der Waals surface area (Å²) in [6, 6.07) is 11.4. The van der Waals surface area contributed by atoms with Gasteiger partial charge in [0, 0.05) is 23.7 Å². The van der Waals surface area contributed by atoms with Gasteiger partial charge in [-0.15, -0.1) is 0 Å². The molecule has 0 atom stereocenters. The number of carbonyl (C=O) groups is 1. The van der Waals surface area contributed by atoms with Gasteiger partial charge in [-0.25, -0.2) is 8.42 Å². The van der Waals surface area contributed by atoms with E-state index in [-0.39, 0.29) is 16.8 Å². The van der Waals surface area contributed by atoms with Crippen LogP contribution in [0.5, 0.6) is 0 Å². The second-order valence-electron chi connectivity index (χ2n) is 7.24. The number of halogens is 1. The maximum atomic E-state index is 12.9. The Hall–Kier alpha value is -2.05. The zero-order valence-electron chi connectivity index (χ0n) is 16.1. The van der Waals surface area contributed by atoms with Crippen LogP contribution in [0, 0.1) is 6.92 Å². The number of sulfonamides is 1. The van der Waals surface area contributed by atoms with Crippen LogP contribution in [0.15, 0.2) is 47.4 Å². The smallest absolute Gasteiger partial charge is 0.264 e.